The van der Waals surface area contributed by atoms with Crippen molar-refractivity contribution in [1.29, 1.82) is 0 Å². The van der Waals surface area contributed by atoms with E-state index in [4.69, 9.17) is 11.6 Å². The van der Waals surface area contributed by atoms with Crippen LogP contribution in [0.25, 0.3) is 0 Å². The first-order valence-electron chi connectivity index (χ1n) is 1.71. The van der Waals surface area contributed by atoms with Crippen molar-refractivity contribution in [3.05, 3.63) is 0 Å². The highest BCUT2D eigenvalue weighted by Crippen LogP contribution is 1.97. The third-order valence-electron chi connectivity index (χ3n) is 0.301. The van der Waals surface area contributed by atoms with Crippen LogP contribution < -0.4 is 0 Å². The van der Waals surface area contributed by atoms with Gasteiger partial charge in [-0.1, -0.05) is 0 Å². The van der Waals surface area contributed by atoms with Crippen molar-refractivity contribution in [3.8, 4) is 0 Å². The third kappa shape index (κ3) is 6.49. The molecule has 0 saturated heterocycles. The van der Waals surface area contributed by atoms with E-state index < -0.39 is 9.33 Å². The lowest BCUT2D eigenvalue weighted by atomic mass is 10.9. The minimum Gasteiger partial charge on any atom is -0.257 e. The molecule has 6 heteroatoms. The highest BCUT2D eigenvalue weighted by atomic mass is 35.7. The van der Waals surface area contributed by atoms with E-state index in [2.05, 4.69) is 14.9 Å². The first-order chi connectivity index (χ1) is 3.56. The van der Waals surface area contributed by atoms with E-state index in [9.17, 15) is 8.42 Å². The maximum Gasteiger partial charge on any atom is 0.355 e. The molecule has 0 aliphatic rings. The fraction of sp³-hybridized carbons (Fsp3) is 1.00. The van der Waals surface area contributed by atoms with Crippen molar-refractivity contribution in [1.82, 2.24) is 0 Å². The second kappa shape index (κ2) is 3.50. The molecule has 0 aliphatic heterocycles. The van der Waals surface area contributed by atoms with Crippen LogP contribution in [-0.2, 0) is 13.5 Å². The van der Waals surface area contributed by atoms with Gasteiger partial charge in [0.2, 0.25) is 0 Å². The molecular formula is C2H4Cl2O3S. The smallest absolute Gasteiger partial charge is 0.257 e. The van der Waals surface area contributed by atoms with Gasteiger partial charge in [0, 0.05) is 16.6 Å². The van der Waals surface area contributed by atoms with Gasteiger partial charge in [-0.05, 0) is 0 Å². The molecule has 0 saturated carbocycles. The predicted molar refractivity (Wildman–Crippen MR) is 31.4 cm³/mol. The van der Waals surface area contributed by atoms with Crippen molar-refractivity contribution in [2.75, 3.05) is 12.5 Å². The molecular weight excluding hydrogens is 175 g/mol. The van der Waals surface area contributed by atoms with Crippen molar-refractivity contribution < 1.29 is 12.6 Å². The fourth-order valence-electron chi connectivity index (χ4n) is 0.131. The van der Waals surface area contributed by atoms with Gasteiger partial charge in [0.25, 0.3) is 0 Å². The van der Waals surface area contributed by atoms with Crippen molar-refractivity contribution in [2.24, 2.45) is 0 Å². The van der Waals surface area contributed by atoms with Gasteiger partial charge in [0.15, 0.2) is 0 Å². The maximum absolute atomic E-state index is 9.87. The zero-order chi connectivity index (χ0) is 6.62. The zero-order valence-corrected chi connectivity index (χ0v) is 6.13. The van der Waals surface area contributed by atoms with Gasteiger partial charge in [-0.2, -0.15) is 8.42 Å². The molecule has 0 unspecified atom stereocenters. The van der Waals surface area contributed by atoms with Gasteiger partial charge in [-0.3, -0.25) is 4.18 Å². The van der Waals surface area contributed by atoms with E-state index in [0.717, 1.165) is 0 Å². The molecule has 0 aromatic heterocycles. The minimum atomic E-state index is -3.80. The SMILES string of the molecule is O=S(=O)(Cl)OCCCl. The van der Waals surface area contributed by atoms with E-state index in [1.54, 1.807) is 0 Å². The molecule has 0 bridgehead atoms. The standard InChI is InChI=1S/C2H4Cl2O3S/c3-1-2-7-8(4,5)6/h1-2H2. The normalized spacial score (nSPS) is 11.8. The van der Waals surface area contributed by atoms with Gasteiger partial charge >= 0.3 is 9.33 Å². The Kier molecular flexibility index (Phi) is 3.72. The predicted octanol–water partition coefficient (Wildman–Crippen LogP) is 0.725. The van der Waals surface area contributed by atoms with Crippen LogP contribution in [0, 0.1) is 0 Å². The number of rotatable bonds is 3. The molecule has 0 aromatic rings. The molecule has 0 spiro atoms. The van der Waals surface area contributed by atoms with Crippen LogP contribution in [0.15, 0.2) is 0 Å². The summed E-state index contributed by atoms with van der Waals surface area (Å²) in [6.45, 7) is -0.0760. The summed E-state index contributed by atoms with van der Waals surface area (Å²) >= 11 is 5.06. The van der Waals surface area contributed by atoms with E-state index in [-0.39, 0.29) is 12.5 Å². The van der Waals surface area contributed by atoms with Crippen LogP contribution in [0.5, 0.6) is 0 Å². The lowest BCUT2D eigenvalue weighted by Crippen LogP contribution is -1.99. The fourth-order valence-corrected chi connectivity index (χ4v) is 0.771. The van der Waals surface area contributed by atoms with E-state index in [0.29, 0.717) is 0 Å². The molecule has 3 nitrogen and oxygen atoms in total. The van der Waals surface area contributed by atoms with Crippen LogP contribution in [0.3, 0.4) is 0 Å². The van der Waals surface area contributed by atoms with Crippen molar-refractivity contribution in [2.45, 2.75) is 0 Å². The average molecular weight is 179 g/mol. The lowest BCUT2D eigenvalue weighted by Gasteiger charge is -1.90. The van der Waals surface area contributed by atoms with Crippen LogP contribution in [0.4, 0.5) is 0 Å². The summed E-state index contributed by atoms with van der Waals surface area (Å²) in [5.41, 5.74) is 0. The summed E-state index contributed by atoms with van der Waals surface area (Å²) in [4.78, 5) is 0. The van der Waals surface area contributed by atoms with Gasteiger partial charge in [0.1, 0.15) is 0 Å². The zero-order valence-electron chi connectivity index (χ0n) is 3.80. The maximum atomic E-state index is 9.87. The average Bonchev–Trinajstić information content (AvgIpc) is 1.59. The number of alkyl halides is 1. The summed E-state index contributed by atoms with van der Waals surface area (Å²) in [6.07, 6.45) is 0. The first-order valence-corrected chi connectivity index (χ1v) is 4.48. The molecule has 0 aromatic carbocycles. The van der Waals surface area contributed by atoms with Crippen LogP contribution in [-0.4, -0.2) is 20.9 Å². The minimum absolute atomic E-state index is 0.0760. The highest BCUT2D eigenvalue weighted by Gasteiger charge is 2.01. The van der Waals surface area contributed by atoms with Gasteiger partial charge in [-0.25, -0.2) is 0 Å². The van der Waals surface area contributed by atoms with Crippen molar-refractivity contribution in [3.63, 3.8) is 0 Å². The summed E-state index contributed by atoms with van der Waals surface area (Å²) in [6, 6.07) is 0. The second-order valence-corrected chi connectivity index (χ2v) is 3.44. The summed E-state index contributed by atoms with van der Waals surface area (Å²) in [7, 11) is 0.805. The molecule has 8 heavy (non-hydrogen) atoms. The second-order valence-electron chi connectivity index (χ2n) is 0.904. The molecule has 0 fully saturated rings. The Morgan fingerprint density at radius 1 is 1.50 bits per heavy atom. The van der Waals surface area contributed by atoms with E-state index >= 15 is 0 Å². The van der Waals surface area contributed by atoms with Gasteiger partial charge in [-0.15, -0.1) is 11.6 Å². The Hall–Kier alpha value is 0.490. The van der Waals surface area contributed by atoms with Crippen LogP contribution in [0.2, 0.25) is 0 Å². The molecule has 0 heterocycles. The molecule has 0 N–H and O–H groups in total. The van der Waals surface area contributed by atoms with Crippen LogP contribution >= 0.6 is 22.3 Å². The molecule has 0 amide bonds. The van der Waals surface area contributed by atoms with E-state index in [1.807, 2.05) is 0 Å². The van der Waals surface area contributed by atoms with Crippen molar-refractivity contribution >= 4 is 31.6 Å². The topological polar surface area (TPSA) is 43.4 Å². The van der Waals surface area contributed by atoms with Gasteiger partial charge in [0.05, 0.1) is 6.61 Å². The molecule has 0 aliphatic carbocycles. The molecule has 50 valence electrons. The Balaban J connectivity index is 3.42. The summed E-state index contributed by atoms with van der Waals surface area (Å²) < 4.78 is 23.7. The summed E-state index contributed by atoms with van der Waals surface area (Å²) in [5, 5.41) is 0. The largest absolute Gasteiger partial charge is 0.355 e. The Bertz CT molecular complexity index is 139. The monoisotopic (exact) mass is 178 g/mol. The quantitative estimate of drug-likeness (QED) is 0.473. The lowest BCUT2D eigenvalue weighted by molar-refractivity contribution is 0.351. The third-order valence-corrected chi connectivity index (χ3v) is 1.17. The first kappa shape index (κ1) is 8.49. The Morgan fingerprint density at radius 2 is 2.00 bits per heavy atom. The van der Waals surface area contributed by atoms with Crippen LogP contribution in [0.1, 0.15) is 0 Å². The molecule has 0 atom stereocenters. The molecule has 0 rings (SSSR count). The summed E-state index contributed by atoms with van der Waals surface area (Å²) in [5.74, 6) is 0.117. The number of hydrogen-bond donors (Lipinski definition) is 0. The van der Waals surface area contributed by atoms with E-state index in [1.165, 1.54) is 0 Å². The Labute approximate surface area is 57.2 Å². The highest BCUT2D eigenvalue weighted by molar-refractivity contribution is 8.09. The Morgan fingerprint density at radius 3 is 2.12 bits per heavy atom. The van der Waals surface area contributed by atoms with Gasteiger partial charge < -0.3 is 0 Å². The number of hydrogen-bond acceptors (Lipinski definition) is 3. The number of halogens is 2. The molecule has 0 radical (unpaired) electrons.